The number of methoxy groups -OCH3 is 1. The van der Waals surface area contributed by atoms with E-state index in [2.05, 4.69) is 10.3 Å². The molecule has 0 fully saturated rings. The number of rotatable bonds is 9. The maximum atomic E-state index is 6.19. The molecule has 1 rings (SSSR count). The van der Waals surface area contributed by atoms with E-state index in [1.165, 1.54) is 0 Å². The fourth-order valence-electron chi connectivity index (χ4n) is 1.96. The average molecular weight is 456 g/mol. The Hall–Kier alpha value is -0.570. The van der Waals surface area contributed by atoms with Crippen LogP contribution in [0.5, 0.6) is 0 Å². The molecule has 0 radical (unpaired) electrons. The first-order chi connectivity index (χ1) is 10.7. The van der Waals surface area contributed by atoms with Crippen molar-refractivity contribution < 1.29 is 9.47 Å². The Labute approximate surface area is 161 Å². The summed E-state index contributed by atoms with van der Waals surface area (Å²) >= 11 is 6.19. The molecule has 1 aromatic carbocycles. The van der Waals surface area contributed by atoms with E-state index in [1.54, 1.807) is 14.2 Å². The number of halogens is 2. The Balaban J connectivity index is 0.00000484. The highest BCUT2D eigenvalue weighted by atomic mass is 127. The van der Waals surface area contributed by atoms with Crippen molar-refractivity contribution in [3.63, 3.8) is 0 Å². The first kappa shape index (κ1) is 22.4. The molecule has 0 heterocycles. The van der Waals surface area contributed by atoms with Crippen LogP contribution in [-0.2, 0) is 16.0 Å². The third kappa shape index (κ3) is 9.34. The van der Waals surface area contributed by atoms with Crippen LogP contribution in [0.1, 0.15) is 12.0 Å². The molecular formula is C16H27ClIN3O2. The maximum Gasteiger partial charge on any atom is 0.193 e. The van der Waals surface area contributed by atoms with Gasteiger partial charge in [-0.2, -0.15) is 0 Å². The van der Waals surface area contributed by atoms with Gasteiger partial charge in [0.05, 0.1) is 13.2 Å². The van der Waals surface area contributed by atoms with Gasteiger partial charge in [0.15, 0.2) is 5.96 Å². The van der Waals surface area contributed by atoms with E-state index in [0.717, 1.165) is 29.5 Å². The SMILES string of the molecule is CN=C(NCCCOCCOC)N(C)Cc1ccccc1Cl.I. The van der Waals surface area contributed by atoms with Gasteiger partial charge in [-0.1, -0.05) is 29.8 Å². The van der Waals surface area contributed by atoms with Crippen LogP contribution in [0.25, 0.3) is 0 Å². The molecule has 132 valence electrons. The fraction of sp³-hybridized carbons (Fsp3) is 0.562. The number of ether oxygens (including phenoxy) is 2. The van der Waals surface area contributed by atoms with Gasteiger partial charge in [0, 0.05) is 45.9 Å². The molecule has 0 amide bonds. The molecule has 0 saturated carbocycles. The summed E-state index contributed by atoms with van der Waals surface area (Å²) in [6.07, 6.45) is 0.919. The van der Waals surface area contributed by atoms with E-state index in [-0.39, 0.29) is 24.0 Å². The summed E-state index contributed by atoms with van der Waals surface area (Å²) < 4.78 is 10.3. The summed E-state index contributed by atoms with van der Waals surface area (Å²) in [6.45, 7) is 3.51. The van der Waals surface area contributed by atoms with Gasteiger partial charge in [0.2, 0.25) is 0 Å². The van der Waals surface area contributed by atoms with Gasteiger partial charge in [-0.05, 0) is 18.1 Å². The summed E-state index contributed by atoms with van der Waals surface area (Å²) in [6, 6.07) is 7.85. The molecule has 0 spiro atoms. The van der Waals surface area contributed by atoms with Crippen LogP contribution < -0.4 is 5.32 Å². The molecule has 0 aliphatic heterocycles. The Morgan fingerprint density at radius 3 is 2.65 bits per heavy atom. The van der Waals surface area contributed by atoms with Crippen LogP contribution in [0.4, 0.5) is 0 Å². The average Bonchev–Trinajstić information content (AvgIpc) is 2.52. The second kappa shape index (κ2) is 13.8. The molecule has 0 aromatic heterocycles. The van der Waals surface area contributed by atoms with Crippen molar-refractivity contribution in [2.75, 3.05) is 47.6 Å². The highest BCUT2D eigenvalue weighted by Gasteiger charge is 2.08. The molecule has 1 N–H and O–H groups in total. The van der Waals surface area contributed by atoms with Gasteiger partial charge in [0.25, 0.3) is 0 Å². The lowest BCUT2D eigenvalue weighted by Gasteiger charge is -2.22. The van der Waals surface area contributed by atoms with Crippen molar-refractivity contribution in [3.05, 3.63) is 34.9 Å². The van der Waals surface area contributed by atoms with Crippen molar-refractivity contribution in [2.45, 2.75) is 13.0 Å². The number of hydrogen-bond acceptors (Lipinski definition) is 3. The zero-order valence-corrected chi connectivity index (χ0v) is 17.1. The largest absolute Gasteiger partial charge is 0.382 e. The van der Waals surface area contributed by atoms with Crippen LogP contribution in [0.2, 0.25) is 5.02 Å². The first-order valence-electron chi connectivity index (χ1n) is 7.41. The molecule has 0 bridgehead atoms. The Morgan fingerprint density at radius 1 is 1.26 bits per heavy atom. The van der Waals surface area contributed by atoms with Gasteiger partial charge >= 0.3 is 0 Å². The lowest BCUT2D eigenvalue weighted by Crippen LogP contribution is -2.39. The summed E-state index contributed by atoms with van der Waals surface area (Å²) in [7, 11) is 5.44. The van der Waals surface area contributed by atoms with E-state index in [0.29, 0.717) is 26.4 Å². The molecular weight excluding hydrogens is 429 g/mol. The fourth-order valence-corrected chi connectivity index (χ4v) is 2.16. The molecule has 0 aliphatic carbocycles. The molecule has 7 heteroatoms. The van der Waals surface area contributed by atoms with E-state index in [9.17, 15) is 0 Å². The lowest BCUT2D eigenvalue weighted by molar-refractivity contribution is 0.0698. The normalized spacial score (nSPS) is 11.0. The number of guanidine groups is 1. The van der Waals surface area contributed by atoms with Gasteiger partial charge in [0.1, 0.15) is 0 Å². The minimum atomic E-state index is 0. The number of hydrogen-bond donors (Lipinski definition) is 1. The predicted molar refractivity (Wildman–Crippen MR) is 107 cm³/mol. The molecule has 23 heavy (non-hydrogen) atoms. The molecule has 0 unspecified atom stereocenters. The third-order valence-electron chi connectivity index (χ3n) is 3.12. The summed E-state index contributed by atoms with van der Waals surface area (Å²) in [4.78, 5) is 6.34. The Bertz CT molecular complexity index is 461. The second-order valence-electron chi connectivity index (χ2n) is 4.88. The van der Waals surface area contributed by atoms with Crippen molar-refractivity contribution in [1.82, 2.24) is 10.2 Å². The smallest absolute Gasteiger partial charge is 0.193 e. The zero-order chi connectivity index (χ0) is 16.2. The minimum Gasteiger partial charge on any atom is -0.382 e. The number of nitrogens with one attached hydrogen (secondary N) is 1. The maximum absolute atomic E-state index is 6.19. The van der Waals surface area contributed by atoms with Crippen molar-refractivity contribution in [3.8, 4) is 0 Å². The number of aliphatic imine (C=N–C) groups is 1. The lowest BCUT2D eigenvalue weighted by atomic mass is 10.2. The molecule has 0 saturated heterocycles. The van der Waals surface area contributed by atoms with E-state index < -0.39 is 0 Å². The van der Waals surface area contributed by atoms with E-state index in [4.69, 9.17) is 21.1 Å². The Kier molecular flexibility index (Phi) is 13.5. The molecule has 0 atom stereocenters. The van der Waals surface area contributed by atoms with Crippen LogP contribution in [0.3, 0.4) is 0 Å². The highest BCUT2D eigenvalue weighted by Crippen LogP contribution is 2.16. The van der Waals surface area contributed by atoms with Gasteiger partial charge in [-0.25, -0.2) is 0 Å². The highest BCUT2D eigenvalue weighted by molar-refractivity contribution is 14.0. The summed E-state index contributed by atoms with van der Waals surface area (Å²) in [5, 5.41) is 4.10. The van der Waals surface area contributed by atoms with E-state index in [1.807, 2.05) is 36.2 Å². The van der Waals surface area contributed by atoms with Gasteiger partial charge in [-0.3, -0.25) is 4.99 Å². The minimum absolute atomic E-state index is 0. The van der Waals surface area contributed by atoms with Crippen molar-refractivity contribution in [1.29, 1.82) is 0 Å². The van der Waals surface area contributed by atoms with Crippen LogP contribution in [0.15, 0.2) is 29.3 Å². The van der Waals surface area contributed by atoms with Gasteiger partial charge < -0.3 is 19.7 Å². The first-order valence-corrected chi connectivity index (χ1v) is 7.78. The zero-order valence-electron chi connectivity index (χ0n) is 14.0. The standard InChI is InChI=1S/C16H26ClN3O2.HI/c1-18-16(19-9-6-10-22-12-11-21-3)20(2)13-14-7-4-5-8-15(14)17;/h4-5,7-8H,6,9-13H2,1-3H3,(H,18,19);1H. The molecule has 1 aromatic rings. The second-order valence-corrected chi connectivity index (χ2v) is 5.29. The van der Waals surface area contributed by atoms with Crippen LogP contribution in [-0.4, -0.2) is 58.4 Å². The number of benzene rings is 1. The summed E-state index contributed by atoms with van der Waals surface area (Å²) in [5.74, 6) is 0.844. The Morgan fingerprint density at radius 2 is 2.00 bits per heavy atom. The van der Waals surface area contributed by atoms with Crippen molar-refractivity contribution >= 4 is 41.5 Å². The molecule has 5 nitrogen and oxygen atoms in total. The predicted octanol–water partition coefficient (Wildman–Crippen LogP) is 3.02. The quantitative estimate of drug-likeness (QED) is 0.269. The van der Waals surface area contributed by atoms with Gasteiger partial charge in [-0.15, -0.1) is 24.0 Å². The van der Waals surface area contributed by atoms with Crippen molar-refractivity contribution in [2.24, 2.45) is 4.99 Å². The van der Waals surface area contributed by atoms with E-state index >= 15 is 0 Å². The summed E-state index contributed by atoms with van der Waals surface area (Å²) in [5.41, 5.74) is 1.08. The molecule has 0 aliphatic rings. The monoisotopic (exact) mass is 455 g/mol. The van der Waals surface area contributed by atoms with Crippen LogP contribution >= 0.6 is 35.6 Å². The third-order valence-corrected chi connectivity index (χ3v) is 3.49. The van der Waals surface area contributed by atoms with Crippen LogP contribution in [0, 0.1) is 0 Å². The topological polar surface area (TPSA) is 46.1 Å². The number of nitrogens with zero attached hydrogens (tertiary/aromatic N) is 2.